The van der Waals surface area contributed by atoms with Gasteiger partial charge in [-0.15, -0.1) is 0 Å². The Morgan fingerprint density at radius 2 is 2.28 bits per heavy atom. The average molecular weight is 249 g/mol. The van der Waals surface area contributed by atoms with E-state index in [2.05, 4.69) is 10.6 Å². The Hall–Kier alpha value is -1.75. The van der Waals surface area contributed by atoms with Crippen molar-refractivity contribution in [3.63, 3.8) is 0 Å². The Bertz CT molecular complexity index is 422. The number of urea groups is 1. The van der Waals surface area contributed by atoms with Gasteiger partial charge in [-0.1, -0.05) is 6.07 Å². The van der Waals surface area contributed by atoms with Gasteiger partial charge < -0.3 is 21.1 Å². The van der Waals surface area contributed by atoms with Crippen LogP contribution in [-0.2, 0) is 0 Å². The van der Waals surface area contributed by atoms with Gasteiger partial charge in [-0.2, -0.15) is 0 Å². The van der Waals surface area contributed by atoms with Crippen molar-refractivity contribution < 1.29 is 9.53 Å². The molecule has 1 aliphatic carbocycles. The van der Waals surface area contributed by atoms with Crippen LogP contribution in [0.5, 0.6) is 5.75 Å². The van der Waals surface area contributed by atoms with E-state index in [9.17, 15) is 4.79 Å². The molecule has 1 aliphatic rings. The molecule has 0 aliphatic heterocycles. The van der Waals surface area contributed by atoms with Crippen molar-refractivity contribution in [2.24, 2.45) is 5.73 Å². The Morgan fingerprint density at radius 3 is 2.94 bits per heavy atom. The molecule has 4 N–H and O–H groups in total. The molecule has 5 heteroatoms. The van der Waals surface area contributed by atoms with Crippen LogP contribution >= 0.6 is 0 Å². The molecule has 98 valence electrons. The molecule has 0 aromatic heterocycles. The van der Waals surface area contributed by atoms with Crippen molar-refractivity contribution in [1.82, 2.24) is 5.32 Å². The summed E-state index contributed by atoms with van der Waals surface area (Å²) in [6.45, 7) is 0. The second-order valence-electron chi connectivity index (χ2n) is 4.53. The van der Waals surface area contributed by atoms with Crippen molar-refractivity contribution in [3.05, 3.63) is 24.3 Å². The number of benzene rings is 1. The maximum absolute atomic E-state index is 11.8. The summed E-state index contributed by atoms with van der Waals surface area (Å²) in [5.74, 6) is 0.713. The lowest BCUT2D eigenvalue weighted by atomic mass is 10.2. The van der Waals surface area contributed by atoms with Crippen molar-refractivity contribution in [3.8, 4) is 5.75 Å². The zero-order chi connectivity index (χ0) is 13.0. The quantitative estimate of drug-likeness (QED) is 0.763. The summed E-state index contributed by atoms with van der Waals surface area (Å²) >= 11 is 0. The summed E-state index contributed by atoms with van der Waals surface area (Å²) in [5, 5.41) is 5.68. The molecule has 0 saturated heterocycles. The van der Waals surface area contributed by atoms with Gasteiger partial charge in [0.25, 0.3) is 0 Å². The SMILES string of the molecule is COc1cccc(NC(=O)NC2CCCC2N)c1. The van der Waals surface area contributed by atoms with Crippen LogP contribution < -0.4 is 21.1 Å². The van der Waals surface area contributed by atoms with E-state index in [1.807, 2.05) is 18.2 Å². The molecule has 0 radical (unpaired) electrons. The number of nitrogens with one attached hydrogen (secondary N) is 2. The summed E-state index contributed by atoms with van der Waals surface area (Å²) in [4.78, 5) is 11.8. The highest BCUT2D eigenvalue weighted by Gasteiger charge is 2.25. The van der Waals surface area contributed by atoms with Crippen LogP contribution in [0.3, 0.4) is 0 Å². The predicted octanol–water partition coefficient (Wildman–Crippen LogP) is 1.70. The van der Waals surface area contributed by atoms with Gasteiger partial charge in [-0.05, 0) is 31.4 Å². The highest BCUT2D eigenvalue weighted by Crippen LogP contribution is 2.18. The molecule has 2 amide bonds. The van der Waals surface area contributed by atoms with Gasteiger partial charge >= 0.3 is 6.03 Å². The van der Waals surface area contributed by atoms with E-state index in [-0.39, 0.29) is 18.1 Å². The molecule has 1 aromatic rings. The Morgan fingerprint density at radius 1 is 1.44 bits per heavy atom. The minimum absolute atomic E-state index is 0.0704. The van der Waals surface area contributed by atoms with Crippen LogP contribution in [0.15, 0.2) is 24.3 Å². The summed E-state index contributed by atoms with van der Waals surface area (Å²) in [6, 6.07) is 7.18. The van der Waals surface area contributed by atoms with Gasteiger partial charge in [-0.3, -0.25) is 0 Å². The standard InChI is InChI=1S/C13H19N3O2/c1-18-10-5-2-4-9(8-10)15-13(17)16-12-7-3-6-11(12)14/h2,4-5,8,11-12H,3,6-7,14H2,1H3,(H2,15,16,17). The molecule has 1 aromatic carbocycles. The van der Waals surface area contributed by atoms with Crippen molar-refractivity contribution in [2.75, 3.05) is 12.4 Å². The van der Waals surface area contributed by atoms with Gasteiger partial charge in [0.2, 0.25) is 0 Å². The van der Waals surface area contributed by atoms with Gasteiger partial charge in [0, 0.05) is 23.8 Å². The maximum Gasteiger partial charge on any atom is 0.319 e. The third-order valence-corrected chi connectivity index (χ3v) is 3.21. The first-order valence-electron chi connectivity index (χ1n) is 6.16. The van der Waals surface area contributed by atoms with Crippen molar-refractivity contribution >= 4 is 11.7 Å². The fraction of sp³-hybridized carbons (Fsp3) is 0.462. The molecule has 2 atom stereocenters. The molecular formula is C13H19N3O2. The lowest BCUT2D eigenvalue weighted by Crippen LogP contribution is -2.45. The van der Waals surface area contributed by atoms with Crippen LogP contribution in [0, 0.1) is 0 Å². The van der Waals surface area contributed by atoms with Gasteiger partial charge in [0.15, 0.2) is 0 Å². The molecule has 0 heterocycles. The Labute approximate surface area is 107 Å². The van der Waals surface area contributed by atoms with Crippen LogP contribution in [0.25, 0.3) is 0 Å². The van der Waals surface area contributed by atoms with E-state index in [1.54, 1.807) is 13.2 Å². The lowest BCUT2D eigenvalue weighted by molar-refractivity contribution is 0.247. The average Bonchev–Trinajstić information content (AvgIpc) is 2.75. The fourth-order valence-electron chi connectivity index (χ4n) is 2.20. The number of anilines is 1. The zero-order valence-electron chi connectivity index (χ0n) is 10.5. The van der Waals surface area contributed by atoms with Crippen molar-refractivity contribution in [2.45, 2.75) is 31.3 Å². The predicted molar refractivity (Wildman–Crippen MR) is 70.8 cm³/mol. The first-order chi connectivity index (χ1) is 8.69. The summed E-state index contributed by atoms with van der Waals surface area (Å²) in [5.41, 5.74) is 6.61. The summed E-state index contributed by atoms with van der Waals surface area (Å²) < 4.78 is 5.10. The fourth-order valence-corrected chi connectivity index (χ4v) is 2.20. The van der Waals surface area contributed by atoms with Gasteiger partial charge in [0.05, 0.1) is 7.11 Å². The van der Waals surface area contributed by atoms with E-state index in [0.29, 0.717) is 11.4 Å². The molecule has 2 rings (SSSR count). The number of nitrogens with two attached hydrogens (primary N) is 1. The number of methoxy groups -OCH3 is 1. The minimum Gasteiger partial charge on any atom is -0.497 e. The zero-order valence-corrected chi connectivity index (χ0v) is 10.5. The molecule has 18 heavy (non-hydrogen) atoms. The highest BCUT2D eigenvalue weighted by molar-refractivity contribution is 5.89. The molecule has 5 nitrogen and oxygen atoms in total. The van der Waals surface area contributed by atoms with E-state index in [4.69, 9.17) is 10.5 Å². The first-order valence-corrected chi connectivity index (χ1v) is 6.16. The molecule has 2 unspecified atom stereocenters. The topological polar surface area (TPSA) is 76.4 Å². The molecule has 1 saturated carbocycles. The Balaban J connectivity index is 1.90. The summed E-state index contributed by atoms with van der Waals surface area (Å²) in [7, 11) is 1.59. The molecule has 1 fully saturated rings. The van der Waals surface area contributed by atoms with E-state index >= 15 is 0 Å². The minimum atomic E-state index is -0.217. The third-order valence-electron chi connectivity index (χ3n) is 3.21. The number of carbonyl (C=O) groups excluding carboxylic acids is 1. The molecule has 0 spiro atoms. The van der Waals surface area contributed by atoms with E-state index < -0.39 is 0 Å². The van der Waals surface area contributed by atoms with E-state index in [0.717, 1.165) is 19.3 Å². The van der Waals surface area contributed by atoms with E-state index in [1.165, 1.54) is 0 Å². The highest BCUT2D eigenvalue weighted by atomic mass is 16.5. The molecular weight excluding hydrogens is 230 g/mol. The first kappa shape index (κ1) is 12.7. The largest absolute Gasteiger partial charge is 0.497 e. The van der Waals surface area contributed by atoms with Gasteiger partial charge in [0.1, 0.15) is 5.75 Å². The van der Waals surface area contributed by atoms with Crippen LogP contribution in [0.4, 0.5) is 10.5 Å². The second kappa shape index (κ2) is 5.73. The smallest absolute Gasteiger partial charge is 0.319 e. The molecule has 0 bridgehead atoms. The lowest BCUT2D eigenvalue weighted by Gasteiger charge is -2.17. The third kappa shape index (κ3) is 3.13. The number of hydrogen-bond donors (Lipinski definition) is 3. The van der Waals surface area contributed by atoms with Crippen LogP contribution in [0.2, 0.25) is 0 Å². The van der Waals surface area contributed by atoms with Crippen molar-refractivity contribution in [1.29, 1.82) is 0 Å². The van der Waals surface area contributed by atoms with Gasteiger partial charge in [-0.25, -0.2) is 4.79 Å². The number of carbonyl (C=O) groups is 1. The monoisotopic (exact) mass is 249 g/mol. The normalized spacial score (nSPS) is 22.6. The number of rotatable bonds is 3. The second-order valence-corrected chi connectivity index (χ2v) is 4.53. The summed E-state index contributed by atoms with van der Waals surface area (Å²) in [6.07, 6.45) is 3.00. The number of ether oxygens (including phenoxy) is 1. The number of amides is 2. The number of hydrogen-bond acceptors (Lipinski definition) is 3. The maximum atomic E-state index is 11.8. The Kier molecular flexibility index (Phi) is 4.04. The van der Waals surface area contributed by atoms with Crippen LogP contribution in [-0.4, -0.2) is 25.2 Å². The van der Waals surface area contributed by atoms with Crippen LogP contribution in [0.1, 0.15) is 19.3 Å².